The molecule has 2 heterocycles. The zero-order valence-electron chi connectivity index (χ0n) is 18.9. The van der Waals surface area contributed by atoms with Crippen molar-refractivity contribution in [1.82, 2.24) is 9.78 Å². The molecule has 1 aliphatic rings. The van der Waals surface area contributed by atoms with E-state index in [1.807, 2.05) is 0 Å². The highest BCUT2D eigenvalue weighted by Gasteiger charge is 2.47. The predicted molar refractivity (Wildman–Crippen MR) is 126 cm³/mol. The predicted octanol–water partition coefficient (Wildman–Crippen LogP) is 5.58. The Balaban J connectivity index is 1.69. The summed E-state index contributed by atoms with van der Waals surface area (Å²) in [6.07, 6.45) is -3.70. The first-order valence-electron chi connectivity index (χ1n) is 10.4. The third-order valence-electron chi connectivity index (χ3n) is 5.68. The van der Waals surface area contributed by atoms with Crippen LogP contribution in [-0.4, -0.2) is 43.2 Å². The van der Waals surface area contributed by atoms with Crippen molar-refractivity contribution in [3.63, 3.8) is 0 Å². The van der Waals surface area contributed by atoms with Gasteiger partial charge in [-0.2, -0.15) is 18.3 Å². The molecule has 4 rings (SSSR count). The van der Waals surface area contributed by atoms with Gasteiger partial charge >= 0.3 is 6.18 Å². The number of fused-ring (bicyclic) bond motifs is 1. The quantitative estimate of drug-likeness (QED) is 0.413. The maximum atomic E-state index is 13.9. The second-order valence-electron chi connectivity index (χ2n) is 7.76. The topological polar surface area (TPSA) is 86.6 Å². The van der Waals surface area contributed by atoms with Crippen LogP contribution >= 0.6 is 15.9 Å². The number of nitrogens with zero attached hydrogens (tertiary/aromatic N) is 2. The van der Waals surface area contributed by atoms with Crippen molar-refractivity contribution < 1.29 is 32.2 Å². The molecule has 12 heteroatoms. The Kier molecular flexibility index (Phi) is 6.84. The van der Waals surface area contributed by atoms with Gasteiger partial charge in [0.1, 0.15) is 11.4 Å². The van der Waals surface area contributed by atoms with E-state index in [0.29, 0.717) is 28.5 Å². The van der Waals surface area contributed by atoms with Crippen molar-refractivity contribution >= 4 is 33.3 Å². The fourth-order valence-electron chi connectivity index (χ4n) is 3.99. The maximum absolute atomic E-state index is 13.9. The van der Waals surface area contributed by atoms with Gasteiger partial charge in [0.25, 0.3) is 5.91 Å². The van der Waals surface area contributed by atoms with E-state index in [1.54, 1.807) is 24.3 Å². The number of carbonyl (C=O) groups excluding carboxylic acids is 1. The molecule has 0 unspecified atom stereocenters. The average Bonchev–Trinajstić information content (AvgIpc) is 3.26. The third-order valence-corrected chi connectivity index (χ3v) is 6.21. The summed E-state index contributed by atoms with van der Waals surface area (Å²) >= 11 is 3.33. The summed E-state index contributed by atoms with van der Waals surface area (Å²) in [6, 6.07) is 7.44. The zero-order chi connectivity index (χ0) is 25.3. The molecular weight excluding hydrogens is 533 g/mol. The van der Waals surface area contributed by atoms with E-state index in [2.05, 4.69) is 31.7 Å². The average molecular weight is 555 g/mol. The Labute approximate surface area is 207 Å². The van der Waals surface area contributed by atoms with E-state index in [4.69, 9.17) is 14.2 Å². The van der Waals surface area contributed by atoms with Crippen LogP contribution in [0, 0.1) is 0 Å². The fraction of sp³-hybridized carbons (Fsp3) is 0.304. The number of alkyl halides is 3. The molecule has 35 heavy (non-hydrogen) atoms. The molecular formula is C23H22BrF3N4O4. The van der Waals surface area contributed by atoms with Gasteiger partial charge in [-0.25, -0.2) is 4.68 Å². The molecule has 0 radical (unpaired) electrons. The van der Waals surface area contributed by atoms with Gasteiger partial charge in [0.15, 0.2) is 17.5 Å². The van der Waals surface area contributed by atoms with Crippen molar-refractivity contribution in [2.24, 2.45) is 0 Å². The van der Waals surface area contributed by atoms with Gasteiger partial charge < -0.3 is 24.8 Å². The van der Waals surface area contributed by atoms with E-state index in [1.165, 1.54) is 33.5 Å². The Bertz CT molecular complexity index is 1210. The largest absolute Gasteiger partial charge is 0.493 e. The lowest BCUT2D eigenvalue weighted by Gasteiger charge is -2.34. The Morgan fingerprint density at radius 2 is 1.74 bits per heavy atom. The molecule has 8 nitrogen and oxygen atoms in total. The second kappa shape index (κ2) is 9.68. The number of aromatic nitrogens is 2. The minimum absolute atomic E-state index is 0.0172. The smallest absolute Gasteiger partial charge is 0.410 e. The van der Waals surface area contributed by atoms with Crippen LogP contribution in [0.5, 0.6) is 17.2 Å². The number of anilines is 2. The van der Waals surface area contributed by atoms with Gasteiger partial charge in [0.05, 0.1) is 33.6 Å². The van der Waals surface area contributed by atoms with Crippen molar-refractivity contribution in [2.75, 3.05) is 32.0 Å². The summed E-state index contributed by atoms with van der Waals surface area (Å²) in [4.78, 5) is 13.1. The number of methoxy groups -OCH3 is 3. The first kappa shape index (κ1) is 24.7. The number of benzene rings is 2. The van der Waals surface area contributed by atoms with Crippen LogP contribution in [0.4, 0.5) is 24.7 Å². The number of rotatable bonds is 6. The molecule has 0 saturated carbocycles. The second-order valence-corrected chi connectivity index (χ2v) is 8.68. The molecule has 0 fully saturated rings. The first-order chi connectivity index (χ1) is 16.7. The number of nitrogens with one attached hydrogen (secondary N) is 2. The lowest BCUT2D eigenvalue weighted by atomic mass is 9.96. The fourth-order valence-corrected chi connectivity index (χ4v) is 4.26. The van der Waals surface area contributed by atoms with Crippen LogP contribution < -0.4 is 24.8 Å². The van der Waals surface area contributed by atoms with Gasteiger partial charge in [0, 0.05) is 28.7 Å². The Morgan fingerprint density at radius 1 is 1.11 bits per heavy atom. The summed E-state index contributed by atoms with van der Waals surface area (Å²) < 4.78 is 59.3. The molecule has 0 spiro atoms. The molecule has 0 aliphatic carbocycles. The minimum Gasteiger partial charge on any atom is -0.493 e. The van der Waals surface area contributed by atoms with Crippen molar-refractivity contribution in [3.8, 4) is 17.2 Å². The van der Waals surface area contributed by atoms with Crippen LogP contribution in [0.1, 0.15) is 34.4 Å². The van der Waals surface area contributed by atoms with Crippen molar-refractivity contribution in [2.45, 2.75) is 24.7 Å². The molecule has 2 aromatic carbocycles. The maximum Gasteiger partial charge on any atom is 0.410 e. The summed E-state index contributed by atoms with van der Waals surface area (Å²) in [5.41, 5.74) is 0.929. The van der Waals surface area contributed by atoms with Crippen LogP contribution in [0.2, 0.25) is 0 Å². The van der Waals surface area contributed by atoms with Gasteiger partial charge in [-0.05, 0) is 17.7 Å². The molecule has 1 aliphatic heterocycles. The molecule has 2 atom stereocenters. The van der Waals surface area contributed by atoms with E-state index < -0.39 is 24.2 Å². The lowest BCUT2D eigenvalue weighted by Crippen LogP contribution is -2.36. The SMILES string of the molecule is COc1cc(NC(=O)c2cnn3c2N[C@H](c2ccc(Br)cc2)C[C@@H]3C(F)(F)F)cc(OC)c1OC. The van der Waals surface area contributed by atoms with Crippen LogP contribution in [0.15, 0.2) is 47.1 Å². The summed E-state index contributed by atoms with van der Waals surface area (Å²) in [5.74, 6) is 0.291. The van der Waals surface area contributed by atoms with E-state index >= 15 is 0 Å². The highest BCUT2D eigenvalue weighted by molar-refractivity contribution is 9.10. The van der Waals surface area contributed by atoms with Gasteiger partial charge in [-0.3, -0.25) is 4.79 Å². The van der Waals surface area contributed by atoms with Crippen molar-refractivity contribution in [1.29, 1.82) is 0 Å². The summed E-state index contributed by atoms with van der Waals surface area (Å²) in [5, 5.41) is 9.64. The minimum atomic E-state index is -4.55. The Morgan fingerprint density at radius 3 is 2.29 bits per heavy atom. The number of carbonyl (C=O) groups is 1. The normalized spacial score (nSPS) is 17.2. The highest BCUT2D eigenvalue weighted by atomic mass is 79.9. The lowest BCUT2D eigenvalue weighted by molar-refractivity contribution is -0.173. The van der Waals surface area contributed by atoms with E-state index in [0.717, 1.165) is 15.4 Å². The number of amides is 1. The van der Waals surface area contributed by atoms with Crippen LogP contribution in [0.25, 0.3) is 0 Å². The molecule has 3 aromatic rings. The first-order valence-corrected chi connectivity index (χ1v) is 11.2. The van der Waals surface area contributed by atoms with E-state index in [-0.39, 0.29) is 17.8 Å². The number of halogens is 4. The molecule has 186 valence electrons. The molecule has 0 saturated heterocycles. The molecule has 1 amide bonds. The number of ether oxygens (including phenoxy) is 3. The zero-order valence-corrected chi connectivity index (χ0v) is 20.5. The van der Waals surface area contributed by atoms with Crippen LogP contribution in [-0.2, 0) is 0 Å². The standard InChI is InChI=1S/C23H22BrF3N4O4/c1-33-17-8-14(9-18(34-2)20(17)35-3)29-22(32)15-11-28-31-19(23(25,26)27)10-16(30-21(15)31)12-4-6-13(24)7-5-12/h4-9,11,16,19,30H,10H2,1-3H3,(H,29,32)/t16-,19+/m0/s1. The Hall–Kier alpha value is -3.41. The molecule has 1 aromatic heterocycles. The molecule has 0 bridgehead atoms. The summed E-state index contributed by atoms with van der Waals surface area (Å²) in [7, 11) is 4.31. The van der Waals surface area contributed by atoms with E-state index in [9.17, 15) is 18.0 Å². The molecule has 2 N–H and O–H groups in total. The highest BCUT2D eigenvalue weighted by Crippen LogP contribution is 2.45. The number of hydrogen-bond acceptors (Lipinski definition) is 6. The number of hydrogen-bond donors (Lipinski definition) is 2. The van der Waals surface area contributed by atoms with Gasteiger partial charge in [0.2, 0.25) is 5.75 Å². The van der Waals surface area contributed by atoms with Gasteiger partial charge in [-0.15, -0.1) is 0 Å². The summed E-state index contributed by atoms with van der Waals surface area (Å²) in [6.45, 7) is 0. The monoisotopic (exact) mass is 554 g/mol. The van der Waals surface area contributed by atoms with Crippen molar-refractivity contribution in [3.05, 3.63) is 58.2 Å². The van der Waals surface area contributed by atoms with Gasteiger partial charge in [-0.1, -0.05) is 28.1 Å². The van der Waals surface area contributed by atoms with Crippen LogP contribution in [0.3, 0.4) is 0 Å². The third kappa shape index (κ3) is 4.88.